The van der Waals surface area contributed by atoms with E-state index in [0.29, 0.717) is 26.2 Å². The molecule has 1 aromatic carbocycles. The van der Waals surface area contributed by atoms with Crippen molar-refractivity contribution in [3.05, 3.63) is 28.2 Å². The standard InChI is InChI=1S/C10H15Cl2N4/c1-16(2,3)10(13)15-14-9-7(11)5-4-6-8(9)12/h4-6,14H,1-3H3,(H2,13,15)/q+1. The van der Waals surface area contributed by atoms with E-state index in [4.69, 9.17) is 28.9 Å². The average Bonchev–Trinajstić information content (AvgIpc) is 2.15. The molecule has 0 unspecified atom stereocenters. The molecule has 3 N–H and O–H groups in total. The summed E-state index contributed by atoms with van der Waals surface area (Å²) in [5.41, 5.74) is 9.10. The van der Waals surface area contributed by atoms with Gasteiger partial charge in [0.2, 0.25) is 0 Å². The van der Waals surface area contributed by atoms with E-state index in [1.165, 1.54) is 0 Å². The van der Waals surface area contributed by atoms with Gasteiger partial charge in [0.1, 0.15) is 0 Å². The molecule has 0 radical (unpaired) electrons. The van der Waals surface area contributed by atoms with Gasteiger partial charge in [-0.1, -0.05) is 29.3 Å². The summed E-state index contributed by atoms with van der Waals surface area (Å²) in [7, 11) is 5.73. The van der Waals surface area contributed by atoms with E-state index < -0.39 is 0 Å². The van der Waals surface area contributed by atoms with Gasteiger partial charge < -0.3 is 5.73 Å². The van der Waals surface area contributed by atoms with Crippen LogP contribution in [0.2, 0.25) is 10.0 Å². The van der Waals surface area contributed by atoms with E-state index in [1.54, 1.807) is 18.2 Å². The fourth-order valence-electron chi connectivity index (χ4n) is 0.868. The molecule has 0 saturated heterocycles. The van der Waals surface area contributed by atoms with E-state index in [0.717, 1.165) is 0 Å². The Kier molecular flexibility index (Phi) is 4.02. The first-order valence-electron chi connectivity index (χ1n) is 4.67. The van der Waals surface area contributed by atoms with E-state index in [1.807, 2.05) is 21.1 Å². The van der Waals surface area contributed by atoms with Crippen LogP contribution in [0, 0.1) is 0 Å². The summed E-state index contributed by atoms with van der Waals surface area (Å²) in [5.74, 6) is 0.427. The highest BCUT2D eigenvalue weighted by molar-refractivity contribution is 6.39. The highest BCUT2D eigenvalue weighted by atomic mass is 35.5. The highest BCUT2D eigenvalue weighted by Gasteiger charge is 2.14. The number of halogens is 2. The molecular formula is C10H15Cl2N4+. The zero-order chi connectivity index (χ0) is 12.3. The topological polar surface area (TPSA) is 50.4 Å². The second-order valence-corrected chi connectivity index (χ2v) is 5.01. The van der Waals surface area contributed by atoms with Crippen molar-refractivity contribution >= 4 is 34.8 Å². The first-order valence-corrected chi connectivity index (χ1v) is 5.43. The van der Waals surface area contributed by atoms with Gasteiger partial charge in [-0.3, -0.25) is 9.91 Å². The fraction of sp³-hybridized carbons (Fsp3) is 0.300. The summed E-state index contributed by atoms with van der Waals surface area (Å²) in [6, 6.07) is 5.23. The minimum Gasteiger partial charge on any atom is -0.336 e. The zero-order valence-corrected chi connectivity index (χ0v) is 11.0. The lowest BCUT2D eigenvalue weighted by molar-refractivity contribution is -0.778. The van der Waals surface area contributed by atoms with E-state index >= 15 is 0 Å². The summed E-state index contributed by atoms with van der Waals surface area (Å²) < 4.78 is 0.426. The number of para-hydroxylation sites is 1. The minimum absolute atomic E-state index is 0.426. The number of nitrogens with one attached hydrogen (secondary N) is 1. The number of hydrazone groups is 1. The number of anilines is 1. The van der Waals surface area contributed by atoms with Crippen LogP contribution in [0.15, 0.2) is 23.3 Å². The average molecular weight is 262 g/mol. The van der Waals surface area contributed by atoms with Crippen LogP contribution in [-0.2, 0) is 0 Å². The highest BCUT2D eigenvalue weighted by Crippen LogP contribution is 2.29. The SMILES string of the molecule is C[N+](C)(C)/C(N)=N/Nc1c(Cl)cccc1Cl. The largest absolute Gasteiger partial charge is 0.336 e. The number of rotatable bonds is 2. The summed E-state index contributed by atoms with van der Waals surface area (Å²) in [6.07, 6.45) is 0. The third-order valence-electron chi connectivity index (χ3n) is 1.93. The van der Waals surface area contributed by atoms with Gasteiger partial charge in [0.05, 0.1) is 36.9 Å². The van der Waals surface area contributed by atoms with Crippen LogP contribution in [0.1, 0.15) is 0 Å². The molecule has 0 atom stereocenters. The Labute approximate surface area is 105 Å². The number of quaternary nitrogens is 1. The molecule has 88 valence electrons. The van der Waals surface area contributed by atoms with Crippen molar-refractivity contribution in [2.75, 3.05) is 26.6 Å². The number of nitrogens with zero attached hydrogens (tertiary/aromatic N) is 2. The Hall–Kier alpha value is -0.970. The molecule has 0 fully saturated rings. The van der Waals surface area contributed by atoms with Gasteiger partial charge in [0, 0.05) is 0 Å². The molecule has 4 nitrogen and oxygen atoms in total. The fourth-order valence-corrected chi connectivity index (χ4v) is 1.35. The lowest BCUT2D eigenvalue weighted by Crippen LogP contribution is -2.47. The van der Waals surface area contributed by atoms with Gasteiger partial charge in [-0.05, 0) is 12.1 Å². The van der Waals surface area contributed by atoms with Gasteiger partial charge in [0.25, 0.3) is 0 Å². The molecule has 0 aliphatic rings. The van der Waals surface area contributed by atoms with Gasteiger partial charge in [0.15, 0.2) is 0 Å². The van der Waals surface area contributed by atoms with Crippen LogP contribution in [-0.4, -0.2) is 31.6 Å². The maximum absolute atomic E-state index is 5.97. The molecular weight excluding hydrogens is 247 g/mol. The molecule has 6 heteroatoms. The second kappa shape index (κ2) is 4.91. The quantitative estimate of drug-likeness (QED) is 0.372. The normalized spacial score (nSPS) is 12.7. The minimum atomic E-state index is 0.426. The molecule has 0 aromatic heterocycles. The molecule has 1 aromatic rings. The summed E-state index contributed by atoms with van der Waals surface area (Å²) in [6.45, 7) is 0. The molecule has 0 amide bonds. The van der Waals surface area contributed by atoms with E-state index in [9.17, 15) is 0 Å². The van der Waals surface area contributed by atoms with Crippen LogP contribution in [0.3, 0.4) is 0 Å². The molecule has 0 spiro atoms. The molecule has 0 bridgehead atoms. The molecule has 16 heavy (non-hydrogen) atoms. The number of guanidine groups is 1. The maximum Gasteiger partial charge on any atom is 0.316 e. The molecule has 0 heterocycles. The van der Waals surface area contributed by atoms with Crippen molar-refractivity contribution < 1.29 is 4.48 Å². The zero-order valence-electron chi connectivity index (χ0n) is 9.46. The third kappa shape index (κ3) is 3.27. The van der Waals surface area contributed by atoms with Crippen molar-refractivity contribution in [1.82, 2.24) is 0 Å². The first kappa shape index (κ1) is 13.1. The van der Waals surface area contributed by atoms with Crippen LogP contribution < -0.4 is 11.2 Å². The second-order valence-electron chi connectivity index (χ2n) is 4.19. The Morgan fingerprint density at radius 1 is 1.25 bits per heavy atom. The third-order valence-corrected chi connectivity index (χ3v) is 2.56. The van der Waals surface area contributed by atoms with Crippen molar-refractivity contribution in [3.63, 3.8) is 0 Å². The summed E-state index contributed by atoms with van der Waals surface area (Å²) in [5, 5.41) is 5.05. The van der Waals surface area contributed by atoms with Gasteiger partial charge >= 0.3 is 5.96 Å². The number of benzene rings is 1. The lowest BCUT2D eigenvalue weighted by atomic mass is 10.3. The lowest BCUT2D eigenvalue weighted by Gasteiger charge is -2.21. The molecule has 0 aliphatic carbocycles. The monoisotopic (exact) mass is 261 g/mol. The molecule has 1 rings (SSSR count). The van der Waals surface area contributed by atoms with E-state index in [-0.39, 0.29) is 0 Å². The maximum atomic E-state index is 5.97. The van der Waals surface area contributed by atoms with Gasteiger partial charge in [-0.2, -0.15) is 0 Å². The van der Waals surface area contributed by atoms with Gasteiger partial charge in [-0.15, -0.1) is 5.10 Å². The molecule has 0 aliphatic heterocycles. The van der Waals surface area contributed by atoms with Crippen LogP contribution in [0.25, 0.3) is 0 Å². The molecule has 0 saturated carbocycles. The number of hydrogen-bond acceptors (Lipinski definition) is 2. The van der Waals surface area contributed by atoms with Crippen molar-refractivity contribution in [2.24, 2.45) is 10.8 Å². The van der Waals surface area contributed by atoms with Crippen LogP contribution in [0.5, 0.6) is 0 Å². The van der Waals surface area contributed by atoms with Crippen molar-refractivity contribution in [1.29, 1.82) is 0 Å². The predicted molar refractivity (Wildman–Crippen MR) is 69.7 cm³/mol. The Morgan fingerprint density at radius 2 is 1.75 bits per heavy atom. The summed E-state index contributed by atoms with van der Waals surface area (Å²) >= 11 is 11.9. The predicted octanol–water partition coefficient (Wildman–Crippen LogP) is 2.34. The van der Waals surface area contributed by atoms with E-state index in [2.05, 4.69) is 10.5 Å². The first-order chi connectivity index (χ1) is 7.32. The van der Waals surface area contributed by atoms with Crippen LogP contribution >= 0.6 is 23.2 Å². The number of nitrogens with two attached hydrogens (primary N) is 1. The Morgan fingerprint density at radius 3 is 2.19 bits per heavy atom. The summed E-state index contributed by atoms with van der Waals surface area (Å²) in [4.78, 5) is 0. The Balaban J connectivity index is 2.91. The Bertz CT molecular complexity index is 390. The van der Waals surface area contributed by atoms with Crippen molar-refractivity contribution in [2.45, 2.75) is 0 Å². The number of hydrogen-bond donors (Lipinski definition) is 2. The van der Waals surface area contributed by atoms with Gasteiger partial charge in [-0.25, -0.2) is 0 Å². The van der Waals surface area contributed by atoms with Crippen molar-refractivity contribution in [3.8, 4) is 0 Å². The smallest absolute Gasteiger partial charge is 0.316 e. The van der Waals surface area contributed by atoms with Crippen LogP contribution in [0.4, 0.5) is 5.69 Å².